The number of nitrogens with zero attached hydrogens (tertiary/aromatic N) is 3. The zero-order valence-electron chi connectivity index (χ0n) is 14.6. The van der Waals surface area contributed by atoms with E-state index < -0.39 is 0 Å². The van der Waals surface area contributed by atoms with Crippen LogP contribution in [-0.4, -0.2) is 69.4 Å². The third-order valence-corrected chi connectivity index (χ3v) is 6.97. The van der Waals surface area contributed by atoms with E-state index in [0.717, 1.165) is 42.8 Å². The van der Waals surface area contributed by atoms with Gasteiger partial charge in [0.15, 0.2) is 0 Å². The number of ether oxygens (including phenoxy) is 1. The molecular weight excluding hydrogens is 342 g/mol. The second kappa shape index (κ2) is 8.72. The number of carbonyl (C=O) groups is 1. The highest BCUT2D eigenvalue weighted by Gasteiger charge is 2.34. The van der Waals surface area contributed by atoms with Gasteiger partial charge in [-0.15, -0.1) is 0 Å². The number of hydrogen-bond donors (Lipinski definition) is 0. The van der Waals surface area contributed by atoms with Crippen molar-refractivity contribution in [3.63, 3.8) is 0 Å². The zero-order chi connectivity index (χ0) is 16.9. The fourth-order valence-electron chi connectivity index (χ4n) is 4.02. The molecule has 5 nitrogen and oxygen atoms in total. The predicted molar refractivity (Wildman–Crippen MR) is 102 cm³/mol. The van der Waals surface area contributed by atoms with E-state index in [-0.39, 0.29) is 6.09 Å². The number of rotatable bonds is 3. The number of amides is 1. The van der Waals surface area contributed by atoms with Crippen molar-refractivity contribution < 1.29 is 9.53 Å². The van der Waals surface area contributed by atoms with Crippen molar-refractivity contribution in [2.45, 2.75) is 64.0 Å². The maximum atomic E-state index is 11.8. The molecule has 24 heavy (non-hydrogen) atoms. The van der Waals surface area contributed by atoms with E-state index in [1.54, 1.807) is 0 Å². The smallest absolute Gasteiger partial charge is 0.409 e. The maximum Gasteiger partial charge on any atom is 0.409 e. The van der Waals surface area contributed by atoms with E-state index >= 15 is 0 Å². The molecule has 2 aliphatic heterocycles. The molecule has 1 saturated carbocycles. The molecule has 3 fully saturated rings. The van der Waals surface area contributed by atoms with Gasteiger partial charge in [0, 0.05) is 25.2 Å². The molecule has 1 amide bonds. The lowest BCUT2D eigenvalue weighted by Gasteiger charge is -2.46. The lowest BCUT2D eigenvalue weighted by molar-refractivity contribution is 0.0603. The molecule has 2 saturated heterocycles. The molecule has 3 rings (SSSR count). The monoisotopic (exact) mass is 371 g/mol. The first kappa shape index (κ1) is 18.3. The van der Waals surface area contributed by atoms with Gasteiger partial charge in [0.05, 0.1) is 19.2 Å². The fourth-order valence-corrected chi connectivity index (χ4v) is 5.33. The Labute approximate surface area is 155 Å². The van der Waals surface area contributed by atoms with Gasteiger partial charge in [-0.3, -0.25) is 4.90 Å². The topological polar surface area (TPSA) is 36.0 Å². The van der Waals surface area contributed by atoms with Gasteiger partial charge in [0.1, 0.15) is 4.32 Å². The van der Waals surface area contributed by atoms with Crippen LogP contribution < -0.4 is 0 Å². The van der Waals surface area contributed by atoms with Gasteiger partial charge < -0.3 is 14.5 Å². The summed E-state index contributed by atoms with van der Waals surface area (Å²) in [5.74, 6) is 0.992. The Balaban J connectivity index is 1.52. The Kier molecular flexibility index (Phi) is 6.63. The van der Waals surface area contributed by atoms with Gasteiger partial charge in [-0.05, 0) is 32.6 Å². The van der Waals surface area contributed by atoms with E-state index in [0.29, 0.717) is 18.7 Å². The highest BCUT2D eigenvalue weighted by Crippen LogP contribution is 2.31. The summed E-state index contributed by atoms with van der Waals surface area (Å²) in [4.78, 5) is 18.7. The molecule has 1 aliphatic carbocycles. The highest BCUT2D eigenvalue weighted by atomic mass is 32.2. The summed E-state index contributed by atoms with van der Waals surface area (Å²) in [5, 5.41) is 0. The molecule has 0 atom stereocenters. The Bertz CT molecular complexity index is 449. The van der Waals surface area contributed by atoms with Crippen LogP contribution in [0.3, 0.4) is 0 Å². The number of carbonyl (C=O) groups excluding carboxylic acids is 1. The average molecular weight is 372 g/mol. The lowest BCUT2D eigenvalue weighted by Crippen LogP contribution is -2.55. The molecule has 0 aromatic carbocycles. The standard InChI is InChI=1S/C17H29N3O2S2/c1-2-22-16(21)18-10-8-14(9-11-18)19-12-20(17(23)24-13-19)15-6-4-3-5-7-15/h14-15H,2-13H2,1H3. The second-order valence-electron chi connectivity index (χ2n) is 6.95. The Hall–Kier alpha value is -0.530. The molecule has 3 aliphatic rings. The summed E-state index contributed by atoms with van der Waals surface area (Å²) in [6.45, 7) is 4.89. The number of thioether (sulfide) groups is 1. The third kappa shape index (κ3) is 4.35. The van der Waals surface area contributed by atoms with Crippen molar-refractivity contribution in [1.82, 2.24) is 14.7 Å². The zero-order valence-corrected chi connectivity index (χ0v) is 16.2. The van der Waals surface area contributed by atoms with Crippen molar-refractivity contribution in [1.29, 1.82) is 0 Å². The van der Waals surface area contributed by atoms with Crippen LogP contribution in [-0.2, 0) is 4.74 Å². The molecular formula is C17H29N3O2S2. The molecule has 0 aromatic rings. The molecule has 0 spiro atoms. The van der Waals surface area contributed by atoms with Gasteiger partial charge in [0.2, 0.25) is 0 Å². The quantitative estimate of drug-likeness (QED) is 0.707. The van der Waals surface area contributed by atoms with Gasteiger partial charge in [-0.2, -0.15) is 0 Å². The van der Waals surface area contributed by atoms with E-state index in [9.17, 15) is 4.79 Å². The maximum absolute atomic E-state index is 11.8. The van der Waals surface area contributed by atoms with E-state index in [2.05, 4.69) is 9.80 Å². The van der Waals surface area contributed by atoms with E-state index in [1.807, 2.05) is 23.6 Å². The Morgan fingerprint density at radius 1 is 1.17 bits per heavy atom. The minimum absolute atomic E-state index is 0.158. The van der Waals surface area contributed by atoms with Gasteiger partial charge in [-0.1, -0.05) is 43.2 Å². The van der Waals surface area contributed by atoms with Crippen molar-refractivity contribution in [2.24, 2.45) is 0 Å². The average Bonchev–Trinajstić information content (AvgIpc) is 2.63. The number of likely N-dealkylation sites (tertiary alicyclic amines) is 1. The number of thiocarbonyl (C=S) groups is 1. The fraction of sp³-hybridized carbons (Fsp3) is 0.882. The highest BCUT2D eigenvalue weighted by molar-refractivity contribution is 8.22. The van der Waals surface area contributed by atoms with Crippen LogP contribution in [0.1, 0.15) is 51.9 Å². The summed E-state index contributed by atoms with van der Waals surface area (Å²) in [5.41, 5.74) is 0. The largest absolute Gasteiger partial charge is 0.450 e. The number of hydrogen-bond acceptors (Lipinski definition) is 5. The number of piperidine rings is 1. The van der Waals surface area contributed by atoms with Crippen LogP contribution in [0.25, 0.3) is 0 Å². The van der Waals surface area contributed by atoms with Crippen molar-refractivity contribution in [2.75, 3.05) is 32.2 Å². The van der Waals surface area contributed by atoms with Crippen molar-refractivity contribution >= 4 is 34.4 Å². The molecule has 0 N–H and O–H groups in total. The second-order valence-corrected chi connectivity index (χ2v) is 8.53. The van der Waals surface area contributed by atoms with Crippen molar-refractivity contribution in [3.05, 3.63) is 0 Å². The first-order valence-electron chi connectivity index (χ1n) is 9.28. The lowest BCUT2D eigenvalue weighted by atomic mass is 9.94. The Morgan fingerprint density at radius 3 is 2.54 bits per heavy atom. The first-order chi connectivity index (χ1) is 11.7. The van der Waals surface area contributed by atoms with Crippen LogP contribution in [0.15, 0.2) is 0 Å². The summed E-state index contributed by atoms with van der Waals surface area (Å²) < 4.78 is 6.20. The summed E-state index contributed by atoms with van der Waals surface area (Å²) in [7, 11) is 0. The molecule has 7 heteroatoms. The molecule has 2 heterocycles. The Morgan fingerprint density at radius 2 is 1.88 bits per heavy atom. The molecule has 0 unspecified atom stereocenters. The molecule has 0 bridgehead atoms. The van der Waals surface area contributed by atoms with Crippen LogP contribution in [0.2, 0.25) is 0 Å². The minimum atomic E-state index is -0.158. The van der Waals surface area contributed by atoms with Crippen LogP contribution >= 0.6 is 24.0 Å². The molecule has 136 valence electrons. The van der Waals surface area contributed by atoms with Gasteiger partial charge in [-0.25, -0.2) is 4.79 Å². The van der Waals surface area contributed by atoms with E-state index in [1.165, 1.54) is 32.1 Å². The summed E-state index contributed by atoms with van der Waals surface area (Å²) >= 11 is 7.45. The molecule has 0 aromatic heterocycles. The van der Waals surface area contributed by atoms with Crippen LogP contribution in [0, 0.1) is 0 Å². The summed E-state index contributed by atoms with van der Waals surface area (Å²) in [6, 6.07) is 1.19. The molecule has 0 radical (unpaired) electrons. The van der Waals surface area contributed by atoms with Gasteiger partial charge in [0.25, 0.3) is 0 Å². The summed E-state index contributed by atoms with van der Waals surface area (Å²) in [6.07, 6.45) is 8.54. The predicted octanol–water partition coefficient (Wildman–Crippen LogP) is 3.49. The van der Waals surface area contributed by atoms with E-state index in [4.69, 9.17) is 17.0 Å². The third-order valence-electron chi connectivity index (χ3n) is 5.44. The SMILES string of the molecule is CCOC(=O)N1CCC(N2CSC(=S)N(C3CCCCC3)C2)CC1. The normalized spacial score (nSPS) is 25.1. The first-order valence-corrected chi connectivity index (χ1v) is 10.7. The van der Waals surface area contributed by atoms with Crippen LogP contribution in [0.4, 0.5) is 4.79 Å². The van der Waals surface area contributed by atoms with Crippen molar-refractivity contribution in [3.8, 4) is 0 Å². The van der Waals surface area contributed by atoms with Gasteiger partial charge >= 0.3 is 6.09 Å². The minimum Gasteiger partial charge on any atom is -0.450 e. The van der Waals surface area contributed by atoms with Crippen LogP contribution in [0.5, 0.6) is 0 Å².